The Morgan fingerprint density at radius 1 is 0.336 bits per heavy atom. The van der Waals surface area contributed by atoms with Gasteiger partial charge in [0.25, 0.3) is 0 Å². The number of rotatable bonds is 42. The van der Waals surface area contributed by atoms with Crippen LogP contribution in [-0.2, 0) is 129 Å². The molecule has 3 saturated heterocycles. The second-order valence-electron chi connectivity index (χ2n) is 27.8. The highest BCUT2D eigenvalue weighted by Crippen LogP contribution is 2.39. The minimum Gasteiger partial charge on any atom is -0.445 e. The Balaban J connectivity index is 0.972. The number of nitrogens with one attached hydrogen (secondary N) is 1. The van der Waals surface area contributed by atoms with E-state index < -0.39 is 98.0 Å². The number of hydrogen-bond acceptors (Lipinski definition) is 18. The van der Waals surface area contributed by atoms with Crippen LogP contribution in [0.15, 0.2) is 273 Å². The van der Waals surface area contributed by atoms with Crippen molar-refractivity contribution in [2.45, 2.75) is 197 Å². The van der Waals surface area contributed by atoms with E-state index in [0.29, 0.717) is 19.0 Å². The molecule has 9 aromatic rings. The highest BCUT2D eigenvalue weighted by molar-refractivity contribution is 7.79. The number of ether oxygens (including phenoxy) is 16. The van der Waals surface area contributed by atoms with Gasteiger partial charge in [0.1, 0.15) is 72.8 Å². The van der Waals surface area contributed by atoms with E-state index in [2.05, 4.69) is 12.2 Å². The molecule has 1 amide bonds. The maximum Gasteiger partial charge on any atom is 0.358 e. The first kappa shape index (κ1) is 81.1. The Morgan fingerprint density at radius 3 is 1.05 bits per heavy atom. The third kappa shape index (κ3) is 25.3. The molecule has 3 fully saturated rings. The highest BCUT2D eigenvalue weighted by atomic mass is 32.1. The molecule has 19 heteroatoms. The van der Waals surface area contributed by atoms with Crippen molar-refractivity contribution in [1.29, 1.82) is 0 Å². The Morgan fingerprint density at radius 2 is 0.655 bits per heavy atom. The summed E-state index contributed by atoms with van der Waals surface area (Å²) in [5.74, 6) is 0.00633. The number of carbonyl (C=O) groups excluding carboxylic acids is 1. The molecule has 1 N–H and O–H groups in total. The third-order valence-corrected chi connectivity index (χ3v) is 19.5. The SMILES string of the molecule is CCCCCCCCO[C@H]1O[C@H](COCc2ccccc2)[C@@H](OCc2ccccc2)[C@H](OCc2ccccc2)[C@@H]1O[C@@H]1O[C@H](COCc2ccccc2)[C@@H](O[C@@H]2O[C@H](COCc3ccccc3)[C@H](OCc3ccccc3)[C@H](OCc3ccccc3)[C@H]2OC(=S)Oc2ccccc2)[C@H](OCc2ccccc2)[C@H]1NC(C)=O. The molecule has 0 aliphatic carbocycles. The number of thiocarbonyl (C=S) groups is 1. The molecule has 0 saturated carbocycles. The van der Waals surface area contributed by atoms with Gasteiger partial charge in [0, 0.05) is 25.7 Å². The molecule has 580 valence electrons. The lowest BCUT2D eigenvalue weighted by Gasteiger charge is -2.52. The molecule has 0 bridgehead atoms. The minimum atomic E-state index is -1.44. The van der Waals surface area contributed by atoms with Crippen LogP contribution in [0.3, 0.4) is 0 Å². The lowest BCUT2D eigenvalue weighted by molar-refractivity contribution is -0.382. The van der Waals surface area contributed by atoms with Crippen LogP contribution in [0.5, 0.6) is 5.75 Å². The first-order chi connectivity index (χ1) is 54.3. The predicted molar refractivity (Wildman–Crippen MR) is 421 cm³/mol. The van der Waals surface area contributed by atoms with Gasteiger partial charge in [-0.05, 0) is 63.1 Å². The second-order valence-corrected chi connectivity index (χ2v) is 28.1. The summed E-state index contributed by atoms with van der Waals surface area (Å²) in [5.41, 5.74) is 7.28. The molecule has 9 aromatic carbocycles. The molecule has 12 rings (SSSR count). The van der Waals surface area contributed by atoms with Crippen LogP contribution in [-0.4, -0.2) is 130 Å². The number of amides is 1. The average Bonchev–Trinajstić information content (AvgIpc) is 0.761. The van der Waals surface area contributed by atoms with Crippen molar-refractivity contribution in [1.82, 2.24) is 5.32 Å². The summed E-state index contributed by atoms with van der Waals surface area (Å²) < 4.78 is 114. The number of carbonyl (C=O) groups is 1. The summed E-state index contributed by atoms with van der Waals surface area (Å²) in [6, 6.07) is 87.1. The maximum absolute atomic E-state index is 14.5. The highest BCUT2D eigenvalue weighted by Gasteiger charge is 2.58. The number of hydrogen-bond donors (Lipinski definition) is 1. The normalized spacial score (nSPS) is 23.9. The number of benzene rings is 9. The average molecular weight is 1510 g/mol. The molecule has 0 spiro atoms. The van der Waals surface area contributed by atoms with Crippen LogP contribution in [0.4, 0.5) is 0 Å². The van der Waals surface area contributed by atoms with Crippen LogP contribution in [0, 0.1) is 0 Å². The summed E-state index contributed by atoms with van der Waals surface area (Å²) in [6.07, 6.45) is -9.24. The van der Waals surface area contributed by atoms with Gasteiger partial charge in [0.05, 0.1) is 72.7 Å². The molecule has 18 nitrogen and oxygen atoms in total. The quantitative estimate of drug-likeness (QED) is 0.0282. The van der Waals surface area contributed by atoms with E-state index in [0.717, 1.165) is 83.0 Å². The van der Waals surface area contributed by atoms with Crippen molar-refractivity contribution < 1.29 is 80.6 Å². The fourth-order valence-electron chi connectivity index (χ4n) is 13.8. The summed E-state index contributed by atoms with van der Waals surface area (Å²) in [4.78, 5) is 14.5. The largest absolute Gasteiger partial charge is 0.445 e. The van der Waals surface area contributed by atoms with Crippen LogP contribution in [0.25, 0.3) is 0 Å². The van der Waals surface area contributed by atoms with E-state index in [-0.39, 0.29) is 71.3 Å². The van der Waals surface area contributed by atoms with E-state index in [4.69, 9.17) is 88.0 Å². The van der Waals surface area contributed by atoms with Crippen molar-refractivity contribution >= 4 is 23.4 Å². The fourth-order valence-corrected chi connectivity index (χ4v) is 14.0. The molecule has 0 radical (unpaired) electrons. The van der Waals surface area contributed by atoms with Crippen LogP contribution >= 0.6 is 12.2 Å². The van der Waals surface area contributed by atoms with E-state index in [1.54, 1.807) is 12.1 Å². The van der Waals surface area contributed by atoms with Gasteiger partial charge >= 0.3 is 5.24 Å². The molecule has 0 aromatic heterocycles. The summed E-state index contributed by atoms with van der Waals surface area (Å²) in [6.45, 7) is 5.28. The predicted octanol–water partition coefficient (Wildman–Crippen LogP) is 16.1. The van der Waals surface area contributed by atoms with Crippen LogP contribution in [0.1, 0.15) is 96.9 Å². The summed E-state index contributed by atoms with van der Waals surface area (Å²) in [5, 5.41) is 3.02. The molecule has 15 atom stereocenters. The van der Waals surface area contributed by atoms with Gasteiger partial charge in [-0.3, -0.25) is 4.79 Å². The number of para-hydroxylation sites is 1. The Labute approximate surface area is 652 Å². The lowest BCUT2D eigenvalue weighted by atomic mass is 9.94. The number of unbranched alkanes of at least 4 members (excludes halogenated alkanes) is 5. The van der Waals surface area contributed by atoms with Gasteiger partial charge in [-0.1, -0.05) is 300 Å². The zero-order chi connectivity index (χ0) is 75.6. The van der Waals surface area contributed by atoms with Crippen molar-refractivity contribution in [3.63, 3.8) is 0 Å². The zero-order valence-electron chi connectivity index (χ0n) is 62.7. The maximum atomic E-state index is 14.5. The van der Waals surface area contributed by atoms with Crippen LogP contribution < -0.4 is 10.1 Å². The van der Waals surface area contributed by atoms with Gasteiger partial charge in [-0.15, -0.1) is 0 Å². The molecule has 3 aliphatic heterocycles. The Kier molecular flexibility index (Phi) is 32.9. The standard InChI is InChI=1S/C91H103NO17S/c1-3-4-5-6-7-35-54-97-89-86(84(101-61-73-48-29-14-30-49-73)80(98-58-70-42-23-11-24-43-70)76(105-89)63-94-55-67-36-17-8-18-37-67)108-88-79(92-66(2)93)83(100-60-72-46-27-13-28-47-72)82(78(104-88)65-96-57-69-40-21-10-22-41-69)107-90-87(109-91(110)103-75-52-33-16-34-53-75)85(102-62-74-50-31-15-32-51-74)81(99-59-71-44-25-12-26-45-71)77(106-90)64-95-56-68-38-19-9-20-39-68/h8-34,36-53,76-90H,3-7,35,54-65H2,1-2H3,(H,92,93)/t76-,77-,78-,79-,80-,81+,82-,83-,84+,85+,86+,87-,88+,89+,90+/m1/s1. The van der Waals surface area contributed by atoms with Crippen molar-refractivity contribution in [2.24, 2.45) is 0 Å². The first-order valence-corrected chi connectivity index (χ1v) is 38.9. The molecule has 3 aliphatic rings. The monoisotopic (exact) mass is 1510 g/mol. The van der Waals surface area contributed by atoms with Crippen molar-refractivity contribution in [2.75, 3.05) is 26.4 Å². The smallest absolute Gasteiger partial charge is 0.358 e. The molecular formula is C91H103NO17S. The molecule has 0 unspecified atom stereocenters. The molecule has 3 heterocycles. The van der Waals surface area contributed by atoms with Gasteiger partial charge in [0.15, 0.2) is 25.0 Å². The summed E-state index contributed by atoms with van der Waals surface area (Å²) in [7, 11) is 0. The van der Waals surface area contributed by atoms with E-state index in [1.165, 1.54) is 6.92 Å². The Hall–Kier alpha value is -8.42. The second kappa shape index (κ2) is 44.6. The van der Waals surface area contributed by atoms with Crippen molar-refractivity contribution in [3.8, 4) is 5.75 Å². The van der Waals surface area contributed by atoms with E-state index >= 15 is 0 Å². The zero-order valence-corrected chi connectivity index (χ0v) is 63.5. The first-order valence-electron chi connectivity index (χ1n) is 38.5. The minimum absolute atomic E-state index is 0.00460. The van der Waals surface area contributed by atoms with E-state index in [1.807, 2.05) is 261 Å². The van der Waals surface area contributed by atoms with Gasteiger partial charge in [-0.2, -0.15) is 0 Å². The molecular weight excluding hydrogens is 1410 g/mol. The van der Waals surface area contributed by atoms with Crippen molar-refractivity contribution in [3.05, 3.63) is 317 Å². The third-order valence-electron chi connectivity index (χ3n) is 19.3. The lowest BCUT2D eigenvalue weighted by Crippen LogP contribution is -2.70. The van der Waals surface area contributed by atoms with Crippen LogP contribution in [0.2, 0.25) is 0 Å². The van der Waals surface area contributed by atoms with Gasteiger partial charge < -0.3 is 81.1 Å². The Bertz CT molecular complexity index is 4000. The fraction of sp³-hybridized carbons (Fsp3) is 0.385. The van der Waals surface area contributed by atoms with Gasteiger partial charge in [-0.25, -0.2) is 0 Å². The molecule has 110 heavy (non-hydrogen) atoms. The van der Waals surface area contributed by atoms with Gasteiger partial charge in [0.2, 0.25) is 5.91 Å². The van der Waals surface area contributed by atoms with E-state index in [9.17, 15) is 4.79 Å². The summed E-state index contributed by atoms with van der Waals surface area (Å²) >= 11 is 6.10. The topological polar surface area (TPSA) is 177 Å².